The summed E-state index contributed by atoms with van der Waals surface area (Å²) in [4.78, 5) is 12.8. The van der Waals surface area contributed by atoms with E-state index < -0.39 is 38.3 Å². The van der Waals surface area contributed by atoms with Gasteiger partial charge >= 0.3 is 0 Å². The number of rotatable bonds is 10. The summed E-state index contributed by atoms with van der Waals surface area (Å²) in [5.41, 5.74) is 0.837. The molecule has 0 atom stereocenters. The van der Waals surface area contributed by atoms with Gasteiger partial charge in [-0.2, -0.15) is 4.31 Å². The van der Waals surface area contributed by atoms with Crippen LogP contribution in [0.25, 0.3) is 0 Å². The van der Waals surface area contributed by atoms with Crippen molar-refractivity contribution in [2.45, 2.75) is 30.6 Å². The van der Waals surface area contributed by atoms with Crippen LogP contribution in [-0.4, -0.2) is 46.7 Å². The van der Waals surface area contributed by atoms with Crippen LogP contribution < -0.4 is 9.62 Å². The molecule has 0 heterocycles. The Morgan fingerprint density at radius 2 is 1.33 bits per heavy atom. The van der Waals surface area contributed by atoms with Crippen molar-refractivity contribution in [3.05, 3.63) is 84.2 Å². The quantitative estimate of drug-likeness (QED) is 0.424. The molecule has 36 heavy (non-hydrogen) atoms. The number of para-hydroxylation sites is 1. The minimum Gasteiger partial charge on any atom is -0.325 e. The first kappa shape index (κ1) is 27.3. The Bertz CT molecular complexity index is 1420. The van der Waals surface area contributed by atoms with E-state index in [2.05, 4.69) is 5.32 Å². The highest BCUT2D eigenvalue weighted by molar-refractivity contribution is 7.92. The number of carbonyl (C=O) groups is 1. The fourth-order valence-electron chi connectivity index (χ4n) is 3.54. The molecule has 0 aromatic heterocycles. The van der Waals surface area contributed by atoms with Crippen molar-refractivity contribution in [1.82, 2.24) is 4.31 Å². The van der Waals surface area contributed by atoms with Crippen LogP contribution in [-0.2, 0) is 24.8 Å². The number of anilines is 2. The second-order valence-electron chi connectivity index (χ2n) is 7.94. The van der Waals surface area contributed by atoms with Gasteiger partial charge in [0.25, 0.3) is 10.0 Å². The van der Waals surface area contributed by atoms with Gasteiger partial charge in [-0.1, -0.05) is 43.7 Å². The van der Waals surface area contributed by atoms with Crippen LogP contribution in [0.3, 0.4) is 0 Å². The predicted molar refractivity (Wildman–Crippen MR) is 137 cm³/mol. The van der Waals surface area contributed by atoms with Crippen LogP contribution in [0.5, 0.6) is 0 Å². The first-order valence-electron chi connectivity index (χ1n) is 11.2. The van der Waals surface area contributed by atoms with E-state index in [1.165, 1.54) is 58.9 Å². The molecule has 1 amide bonds. The van der Waals surface area contributed by atoms with Crippen LogP contribution in [0, 0.1) is 12.7 Å². The van der Waals surface area contributed by atoms with Gasteiger partial charge in [0.15, 0.2) is 0 Å². The van der Waals surface area contributed by atoms with Crippen molar-refractivity contribution in [3.8, 4) is 0 Å². The molecule has 0 bridgehead atoms. The molecule has 0 spiro atoms. The molecular weight excluding hydrogens is 505 g/mol. The van der Waals surface area contributed by atoms with E-state index in [-0.39, 0.29) is 21.2 Å². The highest BCUT2D eigenvalue weighted by Gasteiger charge is 2.29. The Labute approximate surface area is 211 Å². The van der Waals surface area contributed by atoms with Gasteiger partial charge in [0, 0.05) is 18.8 Å². The van der Waals surface area contributed by atoms with E-state index >= 15 is 0 Å². The lowest BCUT2D eigenvalue weighted by atomic mass is 10.2. The zero-order valence-electron chi connectivity index (χ0n) is 20.2. The largest absolute Gasteiger partial charge is 0.325 e. The number of halogens is 1. The second-order valence-corrected chi connectivity index (χ2v) is 11.7. The summed E-state index contributed by atoms with van der Waals surface area (Å²) in [6, 6.07) is 16.8. The third-order valence-electron chi connectivity index (χ3n) is 5.50. The summed E-state index contributed by atoms with van der Waals surface area (Å²) in [5, 5.41) is 2.55. The van der Waals surface area contributed by atoms with E-state index in [0.29, 0.717) is 17.4 Å². The van der Waals surface area contributed by atoms with Gasteiger partial charge in [-0.3, -0.25) is 9.10 Å². The monoisotopic (exact) mass is 533 g/mol. The molecule has 0 aliphatic rings. The topological polar surface area (TPSA) is 104 Å². The van der Waals surface area contributed by atoms with Gasteiger partial charge in [-0.25, -0.2) is 21.2 Å². The van der Waals surface area contributed by atoms with Crippen molar-refractivity contribution in [3.63, 3.8) is 0 Å². The number of carbonyl (C=O) groups excluding carboxylic acids is 1. The maximum Gasteiger partial charge on any atom is 0.264 e. The number of benzene rings is 3. The molecular formula is C25H28FN3O5S2. The van der Waals surface area contributed by atoms with E-state index in [0.717, 1.165) is 11.6 Å². The molecule has 8 nitrogen and oxygen atoms in total. The zero-order valence-corrected chi connectivity index (χ0v) is 21.8. The highest BCUT2D eigenvalue weighted by atomic mass is 32.2. The first-order valence-corrected chi connectivity index (χ1v) is 14.1. The number of sulfonamides is 2. The summed E-state index contributed by atoms with van der Waals surface area (Å²) in [6.07, 6.45) is 0. The SMILES string of the molecule is CCN(CC)S(=O)(=O)c1ccc(NC(=O)CN(c2ccccc2F)S(=O)(=O)c2ccc(C)cc2)cc1. The number of nitrogens with one attached hydrogen (secondary N) is 1. The highest BCUT2D eigenvalue weighted by Crippen LogP contribution is 2.27. The molecule has 1 N–H and O–H groups in total. The van der Waals surface area contributed by atoms with E-state index in [4.69, 9.17) is 0 Å². The second kappa shape index (κ2) is 11.2. The normalized spacial score (nSPS) is 11.9. The number of hydrogen-bond donors (Lipinski definition) is 1. The van der Waals surface area contributed by atoms with Crippen molar-refractivity contribution in [2.24, 2.45) is 0 Å². The van der Waals surface area contributed by atoms with E-state index in [1.54, 1.807) is 32.9 Å². The summed E-state index contributed by atoms with van der Waals surface area (Å²) < 4.78 is 68.7. The van der Waals surface area contributed by atoms with Crippen LogP contribution in [0.1, 0.15) is 19.4 Å². The fourth-order valence-corrected chi connectivity index (χ4v) is 6.43. The van der Waals surface area contributed by atoms with Gasteiger partial charge in [-0.05, 0) is 55.5 Å². The van der Waals surface area contributed by atoms with Gasteiger partial charge in [0.05, 0.1) is 15.5 Å². The van der Waals surface area contributed by atoms with E-state index in [1.807, 2.05) is 0 Å². The Kier molecular flexibility index (Phi) is 8.49. The molecule has 0 unspecified atom stereocenters. The summed E-state index contributed by atoms with van der Waals surface area (Å²) in [6.45, 7) is 5.22. The molecule has 0 aliphatic carbocycles. The smallest absolute Gasteiger partial charge is 0.264 e. The van der Waals surface area contributed by atoms with Crippen LogP contribution in [0.15, 0.2) is 82.6 Å². The Morgan fingerprint density at radius 1 is 0.806 bits per heavy atom. The number of aryl methyl sites for hydroxylation is 1. The molecule has 3 rings (SSSR count). The molecule has 192 valence electrons. The third-order valence-corrected chi connectivity index (χ3v) is 9.34. The lowest BCUT2D eigenvalue weighted by Crippen LogP contribution is -2.38. The van der Waals surface area contributed by atoms with Crippen LogP contribution >= 0.6 is 0 Å². The van der Waals surface area contributed by atoms with Crippen molar-refractivity contribution in [2.75, 3.05) is 29.3 Å². The molecule has 0 fully saturated rings. The van der Waals surface area contributed by atoms with Gasteiger partial charge in [-0.15, -0.1) is 0 Å². The fraction of sp³-hybridized carbons (Fsp3) is 0.240. The summed E-state index contributed by atoms with van der Waals surface area (Å²) in [7, 11) is -7.94. The van der Waals surface area contributed by atoms with Crippen LogP contribution in [0.4, 0.5) is 15.8 Å². The molecule has 0 radical (unpaired) electrons. The maximum absolute atomic E-state index is 14.6. The number of amides is 1. The lowest BCUT2D eigenvalue weighted by Gasteiger charge is -2.24. The molecule has 0 saturated carbocycles. The Hall–Kier alpha value is -3.28. The van der Waals surface area contributed by atoms with Crippen molar-refractivity contribution >= 4 is 37.3 Å². The molecule has 0 saturated heterocycles. The van der Waals surface area contributed by atoms with Crippen LogP contribution in [0.2, 0.25) is 0 Å². The zero-order chi connectivity index (χ0) is 26.5. The first-order chi connectivity index (χ1) is 17.0. The molecule has 11 heteroatoms. The Balaban J connectivity index is 1.87. The van der Waals surface area contributed by atoms with Gasteiger partial charge in [0.1, 0.15) is 12.4 Å². The summed E-state index contributed by atoms with van der Waals surface area (Å²) in [5.74, 6) is -1.53. The third kappa shape index (κ3) is 5.92. The minimum atomic E-state index is -4.27. The molecule has 3 aromatic carbocycles. The molecule has 3 aromatic rings. The standard InChI is InChI=1S/C25H28FN3O5S2/c1-4-28(5-2)35(31,32)21-16-12-20(13-17-21)27-25(30)18-29(24-9-7-6-8-23(24)26)36(33,34)22-14-10-19(3)11-15-22/h6-17H,4-5,18H2,1-3H3,(H,27,30). The van der Waals surface area contributed by atoms with E-state index in [9.17, 15) is 26.0 Å². The van der Waals surface area contributed by atoms with Crippen molar-refractivity contribution in [1.29, 1.82) is 0 Å². The average molecular weight is 534 g/mol. The minimum absolute atomic E-state index is 0.0686. The van der Waals surface area contributed by atoms with Crippen molar-refractivity contribution < 1.29 is 26.0 Å². The summed E-state index contributed by atoms with van der Waals surface area (Å²) >= 11 is 0. The maximum atomic E-state index is 14.6. The van der Waals surface area contributed by atoms with Gasteiger partial charge in [0.2, 0.25) is 15.9 Å². The predicted octanol–water partition coefficient (Wildman–Crippen LogP) is 4.00. The molecule has 0 aliphatic heterocycles. The number of nitrogens with zero attached hydrogens (tertiary/aromatic N) is 2. The number of hydrogen-bond acceptors (Lipinski definition) is 5. The van der Waals surface area contributed by atoms with Gasteiger partial charge < -0.3 is 5.32 Å². The Morgan fingerprint density at radius 3 is 1.89 bits per heavy atom. The lowest BCUT2D eigenvalue weighted by molar-refractivity contribution is -0.114. The average Bonchev–Trinajstić information content (AvgIpc) is 2.84.